The van der Waals surface area contributed by atoms with Crippen LogP contribution in [0.2, 0.25) is 0 Å². The van der Waals surface area contributed by atoms with Crippen LogP contribution in [0.5, 0.6) is 0 Å². The number of methoxy groups -OCH3 is 1. The number of hydrogen-bond donors (Lipinski definition) is 0. The third-order valence-electron chi connectivity index (χ3n) is 1.19. The lowest BCUT2D eigenvalue weighted by Gasteiger charge is -1.99. The Morgan fingerprint density at radius 3 is 2.50 bits per heavy atom. The summed E-state index contributed by atoms with van der Waals surface area (Å²) in [6.45, 7) is 4.12. The first-order valence-corrected chi connectivity index (χ1v) is 3.39. The van der Waals surface area contributed by atoms with Crippen molar-refractivity contribution in [2.75, 3.05) is 13.7 Å². The van der Waals surface area contributed by atoms with Crippen molar-refractivity contribution in [3.63, 3.8) is 0 Å². The van der Waals surface area contributed by atoms with Crippen LogP contribution < -0.4 is 0 Å². The quantitative estimate of drug-likeness (QED) is 0.557. The maximum atomic E-state index is 10.6. The molecule has 2 heteroatoms. The fourth-order valence-corrected chi connectivity index (χ4v) is 0.719. The van der Waals surface area contributed by atoms with Crippen LogP contribution in [0.15, 0.2) is 11.6 Å². The third-order valence-corrected chi connectivity index (χ3v) is 1.19. The molecule has 0 heterocycles. The molecule has 0 spiro atoms. The van der Waals surface area contributed by atoms with E-state index in [9.17, 15) is 4.79 Å². The van der Waals surface area contributed by atoms with Crippen LogP contribution in [-0.4, -0.2) is 19.5 Å². The van der Waals surface area contributed by atoms with Gasteiger partial charge in [0.1, 0.15) is 0 Å². The number of carbonyl (C=O) groups is 1. The van der Waals surface area contributed by atoms with Crippen LogP contribution in [0.1, 0.15) is 20.3 Å². The molecule has 0 rings (SSSR count). The molecule has 0 radical (unpaired) electrons. The van der Waals surface area contributed by atoms with Crippen molar-refractivity contribution >= 4 is 5.78 Å². The van der Waals surface area contributed by atoms with Crippen LogP contribution in [0.3, 0.4) is 0 Å². The van der Waals surface area contributed by atoms with Crippen molar-refractivity contribution in [1.82, 2.24) is 0 Å². The van der Waals surface area contributed by atoms with Gasteiger partial charge in [-0.25, -0.2) is 0 Å². The minimum absolute atomic E-state index is 0.0916. The number of rotatable bonds is 4. The Kier molecular flexibility index (Phi) is 4.85. The zero-order valence-electron chi connectivity index (χ0n) is 6.81. The Labute approximate surface area is 61.9 Å². The largest absolute Gasteiger partial charge is 0.380 e. The van der Waals surface area contributed by atoms with Crippen LogP contribution in [0, 0.1) is 0 Å². The maximum absolute atomic E-state index is 10.6. The summed E-state index contributed by atoms with van der Waals surface area (Å²) in [5, 5.41) is 0. The highest BCUT2D eigenvalue weighted by Crippen LogP contribution is 1.99. The SMILES string of the molecule is CCC(=CC(C)=O)COC. The van der Waals surface area contributed by atoms with Gasteiger partial charge < -0.3 is 4.74 Å². The first-order valence-electron chi connectivity index (χ1n) is 3.39. The van der Waals surface area contributed by atoms with E-state index in [0.29, 0.717) is 6.61 Å². The molecule has 0 aliphatic carbocycles. The molecule has 2 nitrogen and oxygen atoms in total. The molecule has 0 amide bonds. The monoisotopic (exact) mass is 142 g/mol. The van der Waals surface area contributed by atoms with Gasteiger partial charge in [-0.05, 0) is 25.0 Å². The van der Waals surface area contributed by atoms with Gasteiger partial charge in [0.05, 0.1) is 6.61 Å². The van der Waals surface area contributed by atoms with E-state index in [2.05, 4.69) is 0 Å². The Balaban J connectivity index is 3.91. The van der Waals surface area contributed by atoms with E-state index in [0.717, 1.165) is 12.0 Å². The lowest BCUT2D eigenvalue weighted by atomic mass is 10.2. The topological polar surface area (TPSA) is 26.3 Å². The summed E-state index contributed by atoms with van der Waals surface area (Å²) in [5.74, 6) is 0.0916. The van der Waals surface area contributed by atoms with E-state index in [1.807, 2.05) is 6.92 Å². The van der Waals surface area contributed by atoms with Crippen molar-refractivity contribution in [3.8, 4) is 0 Å². The number of ketones is 1. The van der Waals surface area contributed by atoms with Gasteiger partial charge in [0, 0.05) is 7.11 Å². The summed E-state index contributed by atoms with van der Waals surface area (Å²) in [5.41, 5.74) is 1.05. The number of allylic oxidation sites excluding steroid dienone is 1. The van der Waals surface area contributed by atoms with Crippen molar-refractivity contribution in [2.45, 2.75) is 20.3 Å². The average Bonchev–Trinajstić information content (AvgIpc) is 1.86. The lowest BCUT2D eigenvalue weighted by molar-refractivity contribution is -0.112. The van der Waals surface area contributed by atoms with E-state index in [-0.39, 0.29) is 5.78 Å². The fourth-order valence-electron chi connectivity index (χ4n) is 0.719. The second-order valence-corrected chi connectivity index (χ2v) is 2.20. The molecule has 0 saturated carbocycles. The Morgan fingerprint density at radius 1 is 1.60 bits per heavy atom. The van der Waals surface area contributed by atoms with Gasteiger partial charge in [-0.3, -0.25) is 4.79 Å². The Bertz CT molecular complexity index is 136. The van der Waals surface area contributed by atoms with Gasteiger partial charge in [-0.15, -0.1) is 0 Å². The second kappa shape index (κ2) is 5.18. The van der Waals surface area contributed by atoms with Crippen LogP contribution in [-0.2, 0) is 9.53 Å². The van der Waals surface area contributed by atoms with E-state index in [1.54, 1.807) is 20.1 Å². The number of carbonyl (C=O) groups excluding carboxylic acids is 1. The molecule has 0 aromatic carbocycles. The highest BCUT2D eigenvalue weighted by molar-refractivity contribution is 5.87. The van der Waals surface area contributed by atoms with Crippen LogP contribution >= 0.6 is 0 Å². The molecule has 10 heavy (non-hydrogen) atoms. The van der Waals surface area contributed by atoms with Gasteiger partial charge in [-0.2, -0.15) is 0 Å². The van der Waals surface area contributed by atoms with Crippen molar-refractivity contribution in [3.05, 3.63) is 11.6 Å². The number of hydrogen-bond acceptors (Lipinski definition) is 2. The second-order valence-electron chi connectivity index (χ2n) is 2.20. The predicted octanol–water partition coefficient (Wildman–Crippen LogP) is 1.56. The van der Waals surface area contributed by atoms with Gasteiger partial charge >= 0.3 is 0 Å². The number of ether oxygens (including phenoxy) is 1. The summed E-state index contributed by atoms with van der Waals surface area (Å²) in [6, 6.07) is 0. The zero-order valence-corrected chi connectivity index (χ0v) is 6.81. The highest BCUT2D eigenvalue weighted by Gasteiger charge is 1.93. The molecule has 0 N–H and O–H groups in total. The predicted molar refractivity (Wildman–Crippen MR) is 40.9 cm³/mol. The molecule has 0 atom stereocenters. The summed E-state index contributed by atoms with van der Waals surface area (Å²) >= 11 is 0. The van der Waals surface area contributed by atoms with Gasteiger partial charge in [0.15, 0.2) is 5.78 Å². The Morgan fingerprint density at radius 2 is 2.20 bits per heavy atom. The first kappa shape index (κ1) is 9.37. The molecule has 58 valence electrons. The van der Waals surface area contributed by atoms with Crippen LogP contribution in [0.4, 0.5) is 0 Å². The highest BCUT2D eigenvalue weighted by atomic mass is 16.5. The first-order chi connectivity index (χ1) is 4.70. The minimum Gasteiger partial charge on any atom is -0.380 e. The average molecular weight is 142 g/mol. The van der Waals surface area contributed by atoms with Gasteiger partial charge in [0.2, 0.25) is 0 Å². The molecular weight excluding hydrogens is 128 g/mol. The van der Waals surface area contributed by atoms with E-state index in [4.69, 9.17) is 4.74 Å². The molecule has 0 aromatic heterocycles. The normalized spacial score (nSPS) is 11.7. The maximum Gasteiger partial charge on any atom is 0.152 e. The molecule has 0 fully saturated rings. The van der Waals surface area contributed by atoms with E-state index < -0.39 is 0 Å². The summed E-state index contributed by atoms with van der Waals surface area (Å²) < 4.78 is 4.88. The van der Waals surface area contributed by atoms with Gasteiger partial charge in [0.25, 0.3) is 0 Å². The molecule has 0 unspecified atom stereocenters. The molecule has 0 aliphatic rings. The van der Waals surface area contributed by atoms with Crippen molar-refractivity contribution in [1.29, 1.82) is 0 Å². The third kappa shape index (κ3) is 4.27. The van der Waals surface area contributed by atoms with E-state index in [1.165, 1.54) is 0 Å². The fraction of sp³-hybridized carbons (Fsp3) is 0.625. The molecule has 0 saturated heterocycles. The van der Waals surface area contributed by atoms with E-state index >= 15 is 0 Å². The summed E-state index contributed by atoms with van der Waals surface area (Å²) in [7, 11) is 1.63. The molecular formula is C8H14O2. The molecule has 0 bridgehead atoms. The summed E-state index contributed by atoms with van der Waals surface area (Å²) in [6.07, 6.45) is 2.51. The lowest BCUT2D eigenvalue weighted by Crippen LogP contribution is -1.95. The zero-order chi connectivity index (χ0) is 7.98. The van der Waals surface area contributed by atoms with Gasteiger partial charge in [-0.1, -0.05) is 6.92 Å². The van der Waals surface area contributed by atoms with Crippen molar-refractivity contribution in [2.24, 2.45) is 0 Å². The Hall–Kier alpha value is -0.630. The summed E-state index contributed by atoms with van der Waals surface area (Å²) in [4.78, 5) is 10.6. The van der Waals surface area contributed by atoms with Crippen LogP contribution in [0.25, 0.3) is 0 Å². The standard InChI is InChI=1S/C8H14O2/c1-4-8(6-10-3)5-7(2)9/h5H,4,6H2,1-3H3. The minimum atomic E-state index is 0.0916. The molecule has 0 aromatic rings. The van der Waals surface area contributed by atoms with Crippen molar-refractivity contribution < 1.29 is 9.53 Å². The smallest absolute Gasteiger partial charge is 0.152 e. The molecule has 0 aliphatic heterocycles.